The molecule has 0 radical (unpaired) electrons. The molecule has 0 atom stereocenters. The summed E-state index contributed by atoms with van der Waals surface area (Å²) in [5.41, 5.74) is -0.754. The molecule has 0 bridgehead atoms. The molecule has 0 unspecified atom stereocenters. The van der Waals surface area contributed by atoms with Crippen molar-refractivity contribution in [3.8, 4) is 11.1 Å². The summed E-state index contributed by atoms with van der Waals surface area (Å²) >= 11 is 5.80. The minimum atomic E-state index is -4.49. The summed E-state index contributed by atoms with van der Waals surface area (Å²) in [4.78, 5) is 11.2. The van der Waals surface area contributed by atoms with Crippen LogP contribution < -0.4 is 0 Å². The molecule has 0 amide bonds. The first kappa shape index (κ1) is 14.4. The second-order valence-corrected chi connectivity index (χ2v) is 4.45. The Morgan fingerprint density at radius 1 is 1.10 bits per heavy atom. The van der Waals surface area contributed by atoms with E-state index in [1.54, 1.807) is 0 Å². The minimum absolute atomic E-state index is 0.0209. The lowest BCUT2D eigenvalue weighted by atomic mass is 9.98. The monoisotopic (exact) mass is 300 g/mol. The average molecular weight is 301 g/mol. The lowest BCUT2D eigenvalue weighted by Gasteiger charge is -2.11. The van der Waals surface area contributed by atoms with Crippen molar-refractivity contribution in [1.82, 2.24) is 0 Å². The molecule has 0 aliphatic heterocycles. The molecule has 0 aliphatic rings. The third-order valence-corrected chi connectivity index (χ3v) is 3.04. The molecule has 0 saturated carbocycles. The van der Waals surface area contributed by atoms with Crippen LogP contribution in [-0.4, -0.2) is 11.1 Å². The summed E-state index contributed by atoms with van der Waals surface area (Å²) in [5.74, 6) is -1.29. The van der Waals surface area contributed by atoms with Crippen LogP contribution >= 0.6 is 11.6 Å². The topological polar surface area (TPSA) is 37.3 Å². The van der Waals surface area contributed by atoms with Crippen molar-refractivity contribution in [2.75, 3.05) is 0 Å². The molecular formula is C14H8ClF3O2. The van der Waals surface area contributed by atoms with Crippen LogP contribution in [0.15, 0.2) is 42.5 Å². The number of carbonyl (C=O) groups is 1. The van der Waals surface area contributed by atoms with Crippen LogP contribution in [0.2, 0.25) is 5.02 Å². The fraction of sp³-hybridized carbons (Fsp3) is 0.0714. The van der Waals surface area contributed by atoms with Gasteiger partial charge in [-0.2, -0.15) is 13.2 Å². The molecule has 0 spiro atoms. The predicted octanol–water partition coefficient (Wildman–Crippen LogP) is 4.72. The van der Waals surface area contributed by atoms with E-state index in [4.69, 9.17) is 16.7 Å². The summed E-state index contributed by atoms with van der Waals surface area (Å²) in [6.07, 6.45) is -4.49. The maximum absolute atomic E-state index is 12.7. The molecule has 0 saturated heterocycles. The van der Waals surface area contributed by atoms with Crippen molar-refractivity contribution in [2.45, 2.75) is 6.18 Å². The summed E-state index contributed by atoms with van der Waals surface area (Å²) in [5, 5.41) is 9.11. The van der Waals surface area contributed by atoms with Crippen molar-refractivity contribution in [3.05, 3.63) is 58.6 Å². The first-order valence-corrected chi connectivity index (χ1v) is 5.88. The van der Waals surface area contributed by atoms with Crippen LogP contribution in [0, 0.1) is 0 Å². The summed E-state index contributed by atoms with van der Waals surface area (Å²) < 4.78 is 38.0. The average Bonchev–Trinajstić information content (AvgIpc) is 2.37. The number of carboxylic acids is 1. The largest absolute Gasteiger partial charge is 0.478 e. The fourth-order valence-corrected chi connectivity index (χ4v) is 2.10. The lowest BCUT2D eigenvalue weighted by Crippen LogP contribution is -2.05. The molecule has 1 N–H and O–H groups in total. The van der Waals surface area contributed by atoms with Gasteiger partial charge in [0.25, 0.3) is 0 Å². The van der Waals surface area contributed by atoms with Gasteiger partial charge in [-0.3, -0.25) is 0 Å². The fourth-order valence-electron chi connectivity index (χ4n) is 1.85. The highest BCUT2D eigenvalue weighted by Gasteiger charge is 2.30. The minimum Gasteiger partial charge on any atom is -0.478 e. The number of benzene rings is 2. The smallest absolute Gasteiger partial charge is 0.416 e. The molecule has 104 valence electrons. The van der Waals surface area contributed by atoms with Crippen molar-refractivity contribution >= 4 is 17.6 Å². The molecule has 2 aromatic rings. The molecule has 6 heteroatoms. The quantitative estimate of drug-likeness (QED) is 0.871. The third kappa shape index (κ3) is 2.77. The Balaban J connectivity index is 2.64. The second-order valence-electron chi connectivity index (χ2n) is 4.05. The third-order valence-electron chi connectivity index (χ3n) is 2.73. The Morgan fingerprint density at radius 2 is 1.75 bits per heavy atom. The summed E-state index contributed by atoms with van der Waals surface area (Å²) in [7, 11) is 0. The SMILES string of the molecule is O=C(O)c1c(Cl)cccc1-c1cccc(C(F)(F)F)c1. The number of alkyl halides is 3. The number of aromatic carboxylic acids is 1. The van der Waals surface area contributed by atoms with E-state index in [9.17, 15) is 18.0 Å². The highest BCUT2D eigenvalue weighted by atomic mass is 35.5. The molecule has 2 rings (SSSR count). The molecule has 2 aromatic carbocycles. The van der Waals surface area contributed by atoms with Gasteiger partial charge < -0.3 is 5.11 Å². The van der Waals surface area contributed by atoms with Gasteiger partial charge in [-0.25, -0.2) is 4.79 Å². The first-order chi connectivity index (χ1) is 9.30. The molecule has 0 heterocycles. The van der Waals surface area contributed by atoms with E-state index in [0.717, 1.165) is 12.1 Å². The molecule has 20 heavy (non-hydrogen) atoms. The van der Waals surface area contributed by atoms with Crippen molar-refractivity contribution in [3.63, 3.8) is 0 Å². The molecular weight excluding hydrogens is 293 g/mol. The maximum Gasteiger partial charge on any atom is 0.416 e. The Kier molecular flexibility index (Phi) is 3.72. The van der Waals surface area contributed by atoms with E-state index in [0.29, 0.717) is 0 Å². The van der Waals surface area contributed by atoms with Gasteiger partial charge in [0.2, 0.25) is 0 Å². The van der Waals surface area contributed by atoms with Crippen LogP contribution in [0.25, 0.3) is 11.1 Å². The molecule has 0 fully saturated rings. The number of carboxylic acid groups (broad SMARTS) is 1. The number of hydrogen-bond acceptors (Lipinski definition) is 1. The van der Waals surface area contributed by atoms with Crippen LogP contribution in [-0.2, 0) is 6.18 Å². The van der Waals surface area contributed by atoms with Crippen molar-refractivity contribution in [1.29, 1.82) is 0 Å². The zero-order valence-corrected chi connectivity index (χ0v) is 10.7. The van der Waals surface area contributed by atoms with Gasteiger partial charge in [0.05, 0.1) is 16.1 Å². The summed E-state index contributed by atoms with van der Waals surface area (Å²) in [6, 6.07) is 8.75. The lowest BCUT2D eigenvalue weighted by molar-refractivity contribution is -0.137. The zero-order chi connectivity index (χ0) is 14.9. The van der Waals surface area contributed by atoms with Gasteiger partial charge in [0.1, 0.15) is 0 Å². The van der Waals surface area contributed by atoms with Crippen LogP contribution in [0.5, 0.6) is 0 Å². The Morgan fingerprint density at radius 3 is 2.35 bits per heavy atom. The second kappa shape index (κ2) is 5.17. The highest BCUT2D eigenvalue weighted by Crippen LogP contribution is 2.34. The van der Waals surface area contributed by atoms with Crippen LogP contribution in [0.4, 0.5) is 13.2 Å². The van der Waals surface area contributed by atoms with Crippen molar-refractivity contribution < 1.29 is 23.1 Å². The van der Waals surface area contributed by atoms with E-state index in [2.05, 4.69) is 0 Å². The Hall–Kier alpha value is -2.01. The van der Waals surface area contributed by atoms with Gasteiger partial charge >= 0.3 is 12.1 Å². The van der Waals surface area contributed by atoms with E-state index in [1.807, 2.05) is 0 Å². The van der Waals surface area contributed by atoms with Crippen molar-refractivity contribution in [2.24, 2.45) is 0 Å². The van der Waals surface area contributed by atoms with E-state index in [-0.39, 0.29) is 21.7 Å². The van der Waals surface area contributed by atoms with Gasteiger partial charge in [-0.1, -0.05) is 35.9 Å². The van der Waals surface area contributed by atoms with E-state index >= 15 is 0 Å². The number of halogens is 4. The Bertz CT molecular complexity index is 666. The molecule has 0 aromatic heterocycles. The van der Waals surface area contributed by atoms with Gasteiger partial charge in [-0.05, 0) is 29.3 Å². The van der Waals surface area contributed by atoms with E-state index in [1.165, 1.54) is 30.3 Å². The molecule has 0 aliphatic carbocycles. The highest BCUT2D eigenvalue weighted by molar-refractivity contribution is 6.34. The standard InChI is InChI=1S/C14H8ClF3O2/c15-11-6-2-5-10(12(11)13(19)20)8-3-1-4-9(7-8)14(16,17)18/h1-7H,(H,19,20). The zero-order valence-electron chi connectivity index (χ0n) is 9.91. The Labute approximate surface area is 117 Å². The number of rotatable bonds is 2. The summed E-state index contributed by atoms with van der Waals surface area (Å²) in [6.45, 7) is 0. The maximum atomic E-state index is 12.7. The normalized spacial score (nSPS) is 11.4. The van der Waals surface area contributed by atoms with Gasteiger partial charge in [0, 0.05) is 0 Å². The van der Waals surface area contributed by atoms with Crippen LogP contribution in [0.3, 0.4) is 0 Å². The molecule has 2 nitrogen and oxygen atoms in total. The van der Waals surface area contributed by atoms with Gasteiger partial charge in [-0.15, -0.1) is 0 Å². The van der Waals surface area contributed by atoms with Crippen LogP contribution in [0.1, 0.15) is 15.9 Å². The first-order valence-electron chi connectivity index (χ1n) is 5.50. The predicted molar refractivity (Wildman–Crippen MR) is 68.8 cm³/mol. The number of hydrogen-bond donors (Lipinski definition) is 1. The van der Waals surface area contributed by atoms with Gasteiger partial charge in [0.15, 0.2) is 0 Å². The van der Waals surface area contributed by atoms with E-state index < -0.39 is 17.7 Å².